The molecule has 24 heavy (non-hydrogen) atoms. The fourth-order valence-corrected chi connectivity index (χ4v) is 2.66. The van der Waals surface area contributed by atoms with Crippen LogP contribution < -0.4 is 5.32 Å². The van der Waals surface area contributed by atoms with Crippen LogP contribution in [-0.2, 0) is 0 Å². The number of nitrogens with zero attached hydrogens (tertiary/aromatic N) is 3. The van der Waals surface area contributed by atoms with Gasteiger partial charge in [0, 0.05) is 51.7 Å². The molecule has 7 heteroatoms. The van der Waals surface area contributed by atoms with Gasteiger partial charge in [-0.25, -0.2) is 0 Å². The summed E-state index contributed by atoms with van der Waals surface area (Å²) < 4.78 is 5.15. The van der Waals surface area contributed by atoms with Crippen LogP contribution in [-0.4, -0.2) is 65.9 Å². The zero-order valence-electron chi connectivity index (χ0n) is 13.4. The van der Waals surface area contributed by atoms with E-state index in [1.165, 1.54) is 6.26 Å². The number of carbonyl (C=O) groups excluding carboxylic acids is 2. The number of pyridine rings is 1. The molecule has 0 radical (unpaired) electrons. The third-order valence-corrected chi connectivity index (χ3v) is 4.03. The van der Waals surface area contributed by atoms with E-state index in [2.05, 4.69) is 15.2 Å². The SMILES string of the molecule is O=C(NCCN1CCN(C(=O)c2ccco2)CC1)c1cccnc1. The van der Waals surface area contributed by atoms with E-state index in [0.29, 0.717) is 31.0 Å². The van der Waals surface area contributed by atoms with Crippen LogP contribution >= 0.6 is 0 Å². The lowest BCUT2D eigenvalue weighted by molar-refractivity contribution is 0.0607. The summed E-state index contributed by atoms with van der Waals surface area (Å²) in [4.78, 5) is 32.1. The van der Waals surface area contributed by atoms with E-state index in [-0.39, 0.29) is 11.8 Å². The third-order valence-electron chi connectivity index (χ3n) is 4.03. The minimum atomic E-state index is -0.116. The van der Waals surface area contributed by atoms with Gasteiger partial charge in [0.05, 0.1) is 11.8 Å². The topological polar surface area (TPSA) is 78.7 Å². The van der Waals surface area contributed by atoms with Gasteiger partial charge in [-0.1, -0.05) is 0 Å². The van der Waals surface area contributed by atoms with Gasteiger partial charge in [-0.05, 0) is 24.3 Å². The second-order valence-electron chi connectivity index (χ2n) is 5.61. The average molecular weight is 328 g/mol. The van der Waals surface area contributed by atoms with Crippen molar-refractivity contribution in [1.29, 1.82) is 0 Å². The predicted octanol–water partition coefficient (Wildman–Crippen LogP) is 0.862. The van der Waals surface area contributed by atoms with Crippen LogP contribution in [0.25, 0.3) is 0 Å². The van der Waals surface area contributed by atoms with Gasteiger partial charge in [0.1, 0.15) is 0 Å². The minimum absolute atomic E-state index is 0.0652. The van der Waals surface area contributed by atoms with Crippen LogP contribution in [0.3, 0.4) is 0 Å². The number of aromatic nitrogens is 1. The van der Waals surface area contributed by atoms with E-state index in [4.69, 9.17) is 4.42 Å². The Morgan fingerprint density at radius 1 is 1.17 bits per heavy atom. The summed E-state index contributed by atoms with van der Waals surface area (Å²) in [6, 6.07) is 6.88. The molecule has 0 aromatic carbocycles. The Kier molecular flexibility index (Phi) is 5.22. The molecule has 2 amide bonds. The number of nitrogens with one attached hydrogen (secondary N) is 1. The highest BCUT2D eigenvalue weighted by molar-refractivity contribution is 5.93. The van der Waals surface area contributed by atoms with Gasteiger partial charge in [-0.3, -0.25) is 19.5 Å². The first-order valence-electron chi connectivity index (χ1n) is 7.97. The van der Waals surface area contributed by atoms with E-state index in [1.807, 2.05) is 0 Å². The lowest BCUT2D eigenvalue weighted by Gasteiger charge is -2.34. The van der Waals surface area contributed by atoms with Crippen LogP contribution in [0.15, 0.2) is 47.3 Å². The molecule has 1 aliphatic heterocycles. The third kappa shape index (κ3) is 3.99. The first-order valence-corrected chi connectivity index (χ1v) is 7.97. The van der Waals surface area contributed by atoms with Crippen LogP contribution in [0.4, 0.5) is 0 Å². The molecule has 0 bridgehead atoms. The van der Waals surface area contributed by atoms with Gasteiger partial charge in [0.2, 0.25) is 0 Å². The van der Waals surface area contributed by atoms with Crippen molar-refractivity contribution in [1.82, 2.24) is 20.1 Å². The van der Waals surface area contributed by atoms with E-state index in [1.54, 1.807) is 41.6 Å². The molecule has 7 nitrogen and oxygen atoms in total. The molecule has 1 saturated heterocycles. The quantitative estimate of drug-likeness (QED) is 0.881. The van der Waals surface area contributed by atoms with E-state index in [0.717, 1.165) is 19.6 Å². The molecule has 0 spiro atoms. The maximum absolute atomic E-state index is 12.2. The molecule has 3 heterocycles. The zero-order valence-corrected chi connectivity index (χ0v) is 13.4. The zero-order chi connectivity index (χ0) is 16.8. The van der Waals surface area contributed by atoms with Crippen LogP contribution in [0.1, 0.15) is 20.9 Å². The van der Waals surface area contributed by atoms with Crippen molar-refractivity contribution in [3.05, 3.63) is 54.2 Å². The normalized spacial score (nSPS) is 15.2. The number of piperazine rings is 1. The molecule has 1 N–H and O–H groups in total. The highest BCUT2D eigenvalue weighted by atomic mass is 16.3. The Balaban J connectivity index is 1.38. The summed E-state index contributed by atoms with van der Waals surface area (Å²) in [5.41, 5.74) is 0.561. The number of carbonyl (C=O) groups is 2. The van der Waals surface area contributed by atoms with Gasteiger partial charge in [-0.15, -0.1) is 0 Å². The van der Waals surface area contributed by atoms with Gasteiger partial charge in [0.25, 0.3) is 11.8 Å². The first kappa shape index (κ1) is 16.2. The summed E-state index contributed by atoms with van der Waals surface area (Å²) in [7, 11) is 0. The molecule has 0 saturated carbocycles. The molecule has 0 aliphatic carbocycles. The molecule has 2 aromatic heterocycles. The average Bonchev–Trinajstić information content (AvgIpc) is 3.17. The maximum Gasteiger partial charge on any atom is 0.289 e. The smallest absolute Gasteiger partial charge is 0.289 e. The summed E-state index contributed by atoms with van der Waals surface area (Å²) >= 11 is 0. The van der Waals surface area contributed by atoms with Crippen molar-refractivity contribution in [3.63, 3.8) is 0 Å². The van der Waals surface area contributed by atoms with Crippen LogP contribution in [0.2, 0.25) is 0 Å². The van der Waals surface area contributed by atoms with Gasteiger partial charge >= 0.3 is 0 Å². The summed E-state index contributed by atoms with van der Waals surface area (Å²) in [6.45, 7) is 4.23. The second-order valence-corrected chi connectivity index (χ2v) is 5.61. The van der Waals surface area contributed by atoms with Crippen LogP contribution in [0, 0.1) is 0 Å². The molecule has 1 aliphatic rings. The van der Waals surface area contributed by atoms with Crippen molar-refractivity contribution in [2.24, 2.45) is 0 Å². The Morgan fingerprint density at radius 3 is 2.67 bits per heavy atom. The monoisotopic (exact) mass is 328 g/mol. The summed E-state index contributed by atoms with van der Waals surface area (Å²) in [5.74, 6) is 0.200. The van der Waals surface area contributed by atoms with E-state index < -0.39 is 0 Å². The molecule has 0 atom stereocenters. The highest BCUT2D eigenvalue weighted by Gasteiger charge is 2.23. The predicted molar refractivity (Wildman–Crippen MR) is 87.6 cm³/mol. The second kappa shape index (κ2) is 7.74. The lowest BCUT2D eigenvalue weighted by atomic mass is 10.2. The molecule has 3 rings (SSSR count). The number of hydrogen-bond acceptors (Lipinski definition) is 5. The molecule has 126 valence electrons. The molecular formula is C17H20N4O3. The Bertz CT molecular complexity index is 664. The largest absolute Gasteiger partial charge is 0.459 e. The van der Waals surface area contributed by atoms with Gasteiger partial charge in [-0.2, -0.15) is 0 Å². The van der Waals surface area contributed by atoms with Crippen molar-refractivity contribution < 1.29 is 14.0 Å². The van der Waals surface area contributed by atoms with Gasteiger partial charge < -0.3 is 14.6 Å². The lowest BCUT2D eigenvalue weighted by Crippen LogP contribution is -2.50. The fraction of sp³-hybridized carbons (Fsp3) is 0.353. The first-order chi connectivity index (χ1) is 11.7. The number of amides is 2. The summed E-state index contributed by atoms with van der Waals surface area (Å²) in [5, 5.41) is 2.89. The minimum Gasteiger partial charge on any atom is -0.459 e. The molecule has 1 fully saturated rings. The van der Waals surface area contributed by atoms with Crippen molar-refractivity contribution in [2.45, 2.75) is 0 Å². The number of rotatable bonds is 5. The van der Waals surface area contributed by atoms with Crippen LogP contribution in [0.5, 0.6) is 0 Å². The molecular weight excluding hydrogens is 308 g/mol. The number of furan rings is 1. The highest BCUT2D eigenvalue weighted by Crippen LogP contribution is 2.09. The maximum atomic E-state index is 12.2. The van der Waals surface area contributed by atoms with Crippen molar-refractivity contribution in [3.8, 4) is 0 Å². The standard InChI is InChI=1S/C17H20N4O3/c22-16(14-3-1-5-18-13-14)19-6-7-20-8-10-21(11-9-20)17(23)15-4-2-12-24-15/h1-5,12-13H,6-11H2,(H,19,22). The Labute approximate surface area is 140 Å². The van der Waals surface area contributed by atoms with Gasteiger partial charge in [0.15, 0.2) is 5.76 Å². The van der Waals surface area contributed by atoms with E-state index in [9.17, 15) is 9.59 Å². The Morgan fingerprint density at radius 2 is 2.00 bits per heavy atom. The van der Waals surface area contributed by atoms with Crippen molar-refractivity contribution in [2.75, 3.05) is 39.3 Å². The fourth-order valence-electron chi connectivity index (χ4n) is 2.66. The van der Waals surface area contributed by atoms with E-state index >= 15 is 0 Å². The van der Waals surface area contributed by atoms with Crippen molar-refractivity contribution >= 4 is 11.8 Å². The summed E-state index contributed by atoms with van der Waals surface area (Å²) in [6.07, 6.45) is 4.70. The molecule has 2 aromatic rings. The number of hydrogen-bond donors (Lipinski definition) is 1. The Hall–Kier alpha value is -2.67. The molecule has 0 unspecified atom stereocenters.